The summed E-state index contributed by atoms with van der Waals surface area (Å²) in [6.45, 7) is 8.02. The van der Waals surface area contributed by atoms with Crippen LogP contribution in [0, 0.1) is 9.49 Å². The number of aliphatic hydroxyl groups is 1. The number of anilines is 1. The minimum absolute atomic E-state index is 0.00813. The predicted octanol–water partition coefficient (Wildman–Crippen LogP) is 6.87. The van der Waals surface area contributed by atoms with Gasteiger partial charge in [0.05, 0.1) is 51.7 Å². The Morgan fingerprint density at radius 2 is 1.74 bits per heavy atom. The molecule has 1 N–H and O–H groups in total. The molecule has 5 atom stereocenters. The van der Waals surface area contributed by atoms with E-state index in [0.717, 1.165) is 37.4 Å². The Morgan fingerprint density at radius 1 is 1.00 bits per heavy atom. The van der Waals surface area contributed by atoms with Crippen LogP contribution in [0.15, 0.2) is 109 Å². The van der Waals surface area contributed by atoms with Crippen LogP contribution in [-0.2, 0) is 28.2 Å². The largest absolute Gasteiger partial charge is 0.497 e. The molecule has 7 rings (SSSR count). The molecule has 0 bridgehead atoms. The number of hydrogen-bond acceptors (Lipinski definition) is 6. The smallest absolute Gasteiger partial charge is 0.264 e. The number of ether oxygens (including phenoxy) is 2. The van der Waals surface area contributed by atoms with E-state index in [4.69, 9.17) is 9.47 Å². The van der Waals surface area contributed by atoms with Gasteiger partial charge in [-0.05, 0) is 76.0 Å². The van der Waals surface area contributed by atoms with Gasteiger partial charge in [0.15, 0.2) is 5.60 Å². The molecule has 3 heterocycles. The second-order valence-electron chi connectivity index (χ2n) is 14.0. The van der Waals surface area contributed by atoms with Gasteiger partial charge in [-0.3, -0.25) is 9.48 Å². The standard InChI is InChI=1S/C40H43IN4O4Si/c1-27-38(50(3,4)32-19-17-31(48-2)18-20-32)37(21-22-44-25-35(42-43-44)33(26-46)29-12-6-5-7-13-29)49-40(27)34-15-8-9-16-36(34)45(39(40)47)24-28-11-10-14-30(41)23-28/h5-20,23,25,27,33,37-38,46H,21-22,24,26H2,1-4H3/t27-,33?,37+,38-,40+/m0/s1. The molecule has 0 aliphatic carbocycles. The van der Waals surface area contributed by atoms with Crippen molar-refractivity contribution in [2.45, 2.75) is 62.7 Å². The highest BCUT2D eigenvalue weighted by Crippen LogP contribution is 2.60. The minimum atomic E-state index is -2.29. The number of benzene rings is 4. The van der Waals surface area contributed by atoms with Crippen molar-refractivity contribution >= 4 is 47.4 Å². The van der Waals surface area contributed by atoms with E-state index in [9.17, 15) is 9.90 Å². The first kappa shape index (κ1) is 34.6. The van der Waals surface area contributed by atoms with E-state index in [0.29, 0.717) is 19.5 Å². The van der Waals surface area contributed by atoms with Crippen LogP contribution in [0.1, 0.15) is 41.6 Å². The van der Waals surface area contributed by atoms with E-state index < -0.39 is 13.7 Å². The average molecular weight is 799 g/mol. The molecule has 2 aliphatic heterocycles. The fourth-order valence-corrected chi connectivity index (χ4v) is 13.1. The van der Waals surface area contributed by atoms with Gasteiger partial charge >= 0.3 is 0 Å². The zero-order chi connectivity index (χ0) is 35.0. The number of aryl methyl sites for hydroxylation is 1. The SMILES string of the molecule is COc1ccc([Si](C)(C)[C@@H]2[C@@H](CCn3cc(C(CO)c4ccccc4)nn3)O[C@]3(C(=O)N(Cc4cccc(I)c4)c4ccccc43)[C@H]2C)cc1. The summed E-state index contributed by atoms with van der Waals surface area (Å²) >= 11 is 2.32. The number of para-hydroxylation sites is 1. The first-order valence-electron chi connectivity index (χ1n) is 17.2. The first-order valence-corrected chi connectivity index (χ1v) is 21.4. The molecule has 258 valence electrons. The number of hydrogen-bond donors (Lipinski definition) is 1. The lowest BCUT2D eigenvalue weighted by Gasteiger charge is -2.37. The molecule has 1 saturated heterocycles. The molecule has 8 nitrogen and oxygen atoms in total. The van der Waals surface area contributed by atoms with E-state index in [-0.39, 0.29) is 36.0 Å². The molecule has 0 radical (unpaired) electrons. The molecule has 4 aromatic carbocycles. The predicted molar refractivity (Wildman–Crippen MR) is 206 cm³/mol. The molecule has 1 aromatic heterocycles. The second kappa shape index (κ2) is 14.1. The van der Waals surface area contributed by atoms with Crippen LogP contribution in [0.4, 0.5) is 5.69 Å². The highest BCUT2D eigenvalue weighted by atomic mass is 127. The van der Waals surface area contributed by atoms with Crippen LogP contribution >= 0.6 is 22.6 Å². The summed E-state index contributed by atoms with van der Waals surface area (Å²) in [4.78, 5) is 16.9. The van der Waals surface area contributed by atoms with E-state index in [1.54, 1.807) is 7.11 Å². The van der Waals surface area contributed by atoms with Crippen molar-refractivity contribution in [1.82, 2.24) is 15.0 Å². The number of aliphatic hydroxyl groups excluding tert-OH is 1. The summed E-state index contributed by atoms with van der Waals surface area (Å²) in [5, 5.41) is 20.5. The lowest BCUT2D eigenvalue weighted by Crippen LogP contribution is -2.51. The third-order valence-corrected chi connectivity index (χ3v) is 15.9. The zero-order valence-electron chi connectivity index (χ0n) is 28.9. The van der Waals surface area contributed by atoms with Gasteiger partial charge in [-0.15, -0.1) is 5.10 Å². The van der Waals surface area contributed by atoms with Crippen LogP contribution in [0.2, 0.25) is 18.6 Å². The molecular weight excluding hydrogens is 755 g/mol. The maximum Gasteiger partial charge on any atom is 0.264 e. The van der Waals surface area contributed by atoms with Gasteiger partial charge in [0.2, 0.25) is 0 Å². The van der Waals surface area contributed by atoms with Gasteiger partial charge < -0.3 is 19.5 Å². The fraction of sp³-hybridized carbons (Fsp3) is 0.325. The van der Waals surface area contributed by atoms with Gasteiger partial charge in [-0.1, -0.05) is 103 Å². The highest BCUT2D eigenvalue weighted by Gasteiger charge is 2.66. The first-order chi connectivity index (χ1) is 24.2. The average Bonchev–Trinajstić information content (AvgIpc) is 3.79. The Bertz CT molecular complexity index is 1970. The summed E-state index contributed by atoms with van der Waals surface area (Å²) in [6, 6.07) is 34.9. The molecule has 50 heavy (non-hydrogen) atoms. The van der Waals surface area contributed by atoms with Gasteiger partial charge in [-0.2, -0.15) is 0 Å². The second-order valence-corrected chi connectivity index (χ2v) is 20.0. The summed E-state index contributed by atoms with van der Waals surface area (Å²) in [5.74, 6) is 0.492. The normalized spacial score (nSPS) is 22.2. The van der Waals surface area contributed by atoms with Crippen molar-refractivity contribution in [3.8, 4) is 5.75 Å². The lowest BCUT2D eigenvalue weighted by atomic mass is 9.82. The number of fused-ring (bicyclic) bond motifs is 2. The molecule has 1 fully saturated rings. The maximum absolute atomic E-state index is 15.0. The Morgan fingerprint density at radius 3 is 2.46 bits per heavy atom. The van der Waals surface area contributed by atoms with Crippen molar-refractivity contribution in [3.63, 3.8) is 0 Å². The molecule has 1 unspecified atom stereocenters. The molecule has 0 saturated carbocycles. The summed E-state index contributed by atoms with van der Waals surface area (Å²) in [5.41, 5.74) is 3.69. The number of carbonyl (C=O) groups is 1. The molecular formula is C40H43IN4O4Si. The third-order valence-electron chi connectivity index (χ3n) is 10.9. The Labute approximate surface area is 308 Å². The van der Waals surface area contributed by atoms with E-state index in [2.05, 4.69) is 95.4 Å². The summed E-state index contributed by atoms with van der Waals surface area (Å²) in [6.07, 6.45) is 2.38. The Balaban J connectivity index is 1.24. The quantitative estimate of drug-likeness (QED) is 0.116. The van der Waals surface area contributed by atoms with E-state index in [1.165, 1.54) is 5.19 Å². The monoisotopic (exact) mass is 798 g/mol. The topological polar surface area (TPSA) is 89.7 Å². The van der Waals surface area contributed by atoms with Gasteiger partial charge in [0.25, 0.3) is 5.91 Å². The van der Waals surface area contributed by atoms with Gasteiger partial charge in [0.1, 0.15) is 5.75 Å². The molecule has 1 amide bonds. The number of halogens is 1. The van der Waals surface area contributed by atoms with Crippen LogP contribution in [0.5, 0.6) is 5.75 Å². The van der Waals surface area contributed by atoms with E-state index >= 15 is 0 Å². The summed E-state index contributed by atoms with van der Waals surface area (Å²) in [7, 11) is -0.599. The molecule has 5 aromatic rings. The fourth-order valence-electron chi connectivity index (χ4n) is 8.41. The van der Waals surface area contributed by atoms with Crippen LogP contribution in [-0.4, -0.2) is 53.9 Å². The molecule has 1 spiro atoms. The number of amides is 1. The van der Waals surface area contributed by atoms with Crippen molar-refractivity contribution in [1.29, 1.82) is 0 Å². The third kappa shape index (κ3) is 6.10. The van der Waals surface area contributed by atoms with Gasteiger partial charge in [0, 0.05) is 27.8 Å². The molecule has 2 aliphatic rings. The van der Waals surface area contributed by atoms with Crippen LogP contribution in [0.25, 0.3) is 0 Å². The van der Waals surface area contributed by atoms with Crippen molar-refractivity contribution in [3.05, 3.63) is 135 Å². The van der Waals surface area contributed by atoms with Crippen LogP contribution in [0.3, 0.4) is 0 Å². The van der Waals surface area contributed by atoms with Crippen LogP contribution < -0.4 is 14.8 Å². The zero-order valence-corrected chi connectivity index (χ0v) is 32.0. The Kier molecular flexibility index (Phi) is 9.72. The highest BCUT2D eigenvalue weighted by molar-refractivity contribution is 14.1. The van der Waals surface area contributed by atoms with Crippen molar-refractivity contribution < 1.29 is 19.4 Å². The molecule has 10 heteroatoms. The van der Waals surface area contributed by atoms with E-state index in [1.807, 2.05) is 76.4 Å². The minimum Gasteiger partial charge on any atom is -0.497 e. The maximum atomic E-state index is 15.0. The number of methoxy groups -OCH3 is 1. The summed E-state index contributed by atoms with van der Waals surface area (Å²) < 4.78 is 15.8. The number of carbonyl (C=O) groups excluding carboxylic acids is 1. The van der Waals surface area contributed by atoms with Crippen molar-refractivity contribution in [2.24, 2.45) is 5.92 Å². The number of nitrogens with zero attached hydrogens (tertiary/aromatic N) is 4. The number of rotatable bonds is 11. The van der Waals surface area contributed by atoms with Gasteiger partial charge in [-0.25, -0.2) is 0 Å². The van der Waals surface area contributed by atoms with Crippen molar-refractivity contribution in [2.75, 3.05) is 18.6 Å². The number of aromatic nitrogens is 3. The Hall–Kier alpha value is -3.84. The lowest BCUT2D eigenvalue weighted by molar-refractivity contribution is -0.146.